The lowest BCUT2D eigenvalue weighted by Gasteiger charge is -1.54. The maximum atomic E-state index is 8.92. The summed E-state index contributed by atoms with van der Waals surface area (Å²) in [6.07, 6.45) is 0.431. The van der Waals surface area contributed by atoms with Gasteiger partial charge in [-0.05, 0) is 6.92 Å². The molecule has 0 aromatic heterocycles. The Morgan fingerprint density at radius 1 is 1.57 bits per heavy atom. The van der Waals surface area contributed by atoms with Crippen molar-refractivity contribution in [3.63, 3.8) is 0 Å². The molecule has 3 nitrogen and oxygen atoms in total. The second kappa shape index (κ2) is 17.6. The smallest absolute Gasteiger partial charge is 0.145 e. The largest absolute Gasteiger partial charge is 0.397 e. The van der Waals surface area contributed by atoms with E-state index in [-0.39, 0.29) is 13.2 Å². The third-order valence-corrected chi connectivity index (χ3v) is 0.0745. The van der Waals surface area contributed by atoms with Crippen molar-refractivity contribution in [2.45, 2.75) is 6.92 Å². The van der Waals surface area contributed by atoms with E-state index in [1.54, 1.807) is 6.92 Å². The minimum absolute atomic E-state index is 0.250. The summed E-state index contributed by atoms with van der Waals surface area (Å²) >= 11 is 0. The third-order valence-electron chi connectivity index (χ3n) is 0.0745. The fraction of sp³-hybridized carbons (Fsp3) is 0.750. The zero-order chi connectivity index (χ0) is 6.12. The van der Waals surface area contributed by atoms with E-state index in [0.29, 0.717) is 6.29 Å². The Kier molecular flexibility index (Phi) is 24.5. The number of hydrogen-bond acceptors (Lipinski definition) is 3. The molecule has 0 aromatic rings. The number of aliphatic hydroxyl groups excluding tert-OH is 2. The Balaban J connectivity index is 0. The number of rotatable bonds is 1. The summed E-state index contributed by atoms with van der Waals surface area (Å²) in [5, 5.41) is 15.1. The highest BCUT2D eigenvalue weighted by molar-refractivity contribution is 5.49. The number of hydrogen-bond donors (Lipinski definition) is 2. The van der Waals surface area contributed by atoms with Crippen LogP contribution in [0.25, 0.3) is 0 Å². The molecule has 44 valence electrons. The van der Waals surface area contributed by atoms with E-state index >= 15 is 0 Å². The van der Waals surface area contributed by atoms with Crippen LogP contribution in [0.15, 0.2) is 0 Å². The number of aldehydes is 1. The molecule has 0 heterocycles. The molecule has 0 aromatic carbocycles. The van der Waals surface area contributed by atoms with E-state index in [1.807, 2.05) is 0 Å². The summed E-state index contributed by atoms with van der Waals surface area (Å²) in [7, 11) is 0. The zero-order valence-electron chi connectivity index (χ0n) is 4.29. The molecule has 3 heteroatoms. The summed E-state index contributed by atoms with van der Waals surface area (Å²) in [4.78, 5) is 8.92. The van der Waals surface area contributed by atoms with Crippen LogP contribution < -0.4 is 0 Å². The highest BCUT2D eigenvalue weighted by atomic mass is 16.3. The first-order valence-electron chi connectivity index (χ1n) is 1.98. The monoisotopic (exact) mass is 106 g/mol. The topological polar surface area (TPSA) is 57.5 Å². The zero-order valence-corrected chi connectivity index (χ0v) is 4.29. The summed E-state index contributed by atoms with van der Waals surface area (Å²) in [5.41, 5.74) is 0. The Labute approximate surface area is 42.6 Å². The molecular weight excluding hydrogens is 96.0 g/mol. The Morgan fingerprint density at radius 2 is 1.71 bits per heavy atom. The second-order valence-electron chi connectivity index (χ2n) is 0.665. The lowest BCUT2D eigenvalue weighted by atomic mass is 10.9. The van der Waals surface area contributed by atoms with Crippen molar-refractivity contribution in [2.24, 2.45) is 0 Å². The maximum absolute atomic E-state index is 8.92. The van der Waals surface area contributed by atoms with Gasteiger partial charge in [-0.25, -0.2) is 0 Å². The summed E-state index contributed by atoms with van der Waals surface area (Å²) in [6, 6.07) is 0. The highest BCUT2D eigenvalue weighted by Crippen LogP contribution is 1.30. The van der Waals surface area contributed by atoms with Gasteiger partial charge in [-0.1, -0.05) is 0 Å². The molecule has 0 fully saturated rings. The van der Waals surface area contributed by atoms with E-state index < -0.39 is 0 Å². The van der Waals surface area contributed by atoms with Crippen molar-refractivity contribution in [2.75, 3.05) is 13.2 Å². The average Bonchev–Trinajstić information content (AvgIpc) is 1.69. The van der Waals surface area contributed by atoms with E-state index in [9.17, 15) is 0 Å². The van der Waals surface area contributed by atoms with Gasteiger partial charge in [0.2, 0.25) is 0 Å². The van der Waals surface area contributed by atoms with Gasteiger partial charge in [0.15, 0.2) is 0 Å². The van der Waals surface area contributed by atoms with Crippen molar-refractivity contribution in [1.82, 2.24) is 0 Å². The van der Waals surface area contributed by atoms with Crippen molar-refractivity contribution in [3.05, 3.63) is 0 Å². The van der Waals surface area contributed by atoms with Crippen LogP contribution in [0.4, 0.5) is 0 Å². The molecule has 0 aliphatic heterocycles. The van der Waals surface area contributed by atoms with Crippen molar-refractivity contribution in [3.8, 4) is 0 Å². The highest BCUT2D eigenvalue weighted by Gasteiger charge is 1.53. The van der Waals surface area contributed by atoms with Crippen molar-refractivity contribution < 1.29 is 15.0 Å². The quantitative estimate of drug-likeness (QED) is 0.429. The van der Waals surface area contributed by atoms with Gasteiger partial charge in [-0.2, -0.15) is 0 Å². The van der Waals surface area contributed by atoms with Gasteiger partial charge in [0.1, 0.15) is 6.29 Å². The molecule has 0 aliphatic carbocycles. The molecule has 0 saturated heterocycles. The first kappa shape index (κ1) is 9.77. The van der Waals surface area contributed by atoms with Gasteiger partial charge in [-0.3, -0.25) is 0 Å². The molecule has 7 heavy (non-hydrogen) atoms. The molecule has 0 spiro atoms. The fourth-order valence-corrected chi connectivity index (χ4v) is 0. The SMILES string of the molecule is CCO.O=CCO. The van der Waals surface area contributed by atoms with Crippen LogP contribution in [0.2, 0.25) is 0 Å². The van der Waals surface area contributed by atoms with Crippen LogP contribution in [-0.4, -0.2) is 29.7 Å². The molecule has 0 rings (SSSR count). The average molecular weight is 106 g/mol. The molecule has 0 amide bonds. The number of aliphatic hydroxyl groups is 2. The predicted octanol–water partition coefficient (Wildman–Crippen LogP) is -0.824. The second-order valence-corrected chi connectivity index (χ2v) is 0.665. The van der Waals surface area contributed by atoms with Crippen LogP contribution >= 0.6 is 0 Å². The van der Waals surface area contributed by atoms with Crippen LogP contribution in [0, 0.1) is 0 Å². The molecular formula is C4H10O3. The molecule has 0 bridgehead atoms. The van der Waals surface area contributed by atoms with Crippen LogP contribution in [0.3, 0.4) is 0 Å². The predicted molar refractivity (Wildman–Crippen MR) is 25.9 cm³/mol. The first-order chi connectivity index (χ1) is 3.33. The minimum atomic E-state index is -0.361. The van der Waals surface area contributed by atoms with Gasteiger partial charge < -0.3 is 15.0 Å². The molecule has 0 atom stereocenters. The summed E-state index contributed by atoms with van der Waals surface area (Å²) in [5.74, 6) is 0. The molecule has 0 saturated carbocycles. The van der Waals surface area contributed by atoms with E-state index in [1.165, 1.54) is 0 Å². The minimum Gasteiger partial charge on any atom is -0.397 e. The standard InChI is InChI=1S/C2H4O2.C2H6O/c3-1-2-4;1-2-3/h1,4H,2H2;3H,2H2,1H3. The molecule has 0 unspecified atom stereocenters. The lowest BCUT2D eigenvalue weighted by Crippen LogP contribution is -1.75. The van der Waals surface area contributed by atoms with Crippen LogP contribution in [0.5, 0.6) is 0 Å². The van der Waals surface area contributed by atoms with Gasteiger partial charge in [0.05, 0.1) is 6.61 Å². The Hall–Kier alpha value is -0.410. The molecule has 2 N–H and O–H groups in total. The lowest BCUT2D eigenvalue weighted by molar-refractivity contribution is -0.110. The Bertz CT molecular complexity index is 28.1. The fourth-order valence-electron chi connectivity index (χ4n) is 0. The maximum Gasteiger partial charge on any atom is 0.145 e. The first-order valence-corrected chi connectivity index (χ1v) is 1.98. The molecule has 0 aliphatic rings. The van der Waals surface area contributed by atoms with Crippen molar-refractivity contribution >= 4 is 6.29 Å². The van der Waals surface area contributed by atoms with Crippen LogP contribution in [0.1, 0.15) is 6.92 Å². The van der Waals surface area contributed by atoms with E-state index in [0.717, 1.165) is 0 Å². The summed E-state index contributed by atoms with van der Waals surface area (Å²) < 4.78 is 0. The van der Waals surface area contributed by atoms with Gasteiger partial charge >= 0.3 is 0 Å². The Morgan fingerprint density at radius 3 is 1.71 bits per heavy atom. The van der Waals surface area contributed by atoms with Crippen molar-refractivity contribution in [1.29, 1.82) is 0 Å². The molecule has 0 radical (unpaired) electrons. The van der Waals surface area contributed by atoms with E-state index in [2.05, 4.69) is 0 Å². The van der Waals surface area contributed by atoms with Crippen LogP contribution in [-0.2, 0) is 4.79 Å². The summed E-state index contributed by atoms with van der Waals surface area (Å²) in [6.45, 7) is 1.57. The van der Waals surface area contributed by atoms with Gasteiger partial charge in [0.25, 0.3) is 0 Å². The third kappa shape index (κ3) is 207. The van der Waals surface area contributed by atoms with Gasteiger partial charge in [-0.15, -0.1) is 0 Å². The van der Waals surface area contributed by atoms with E-state index in [4.69, 9.17) is 15.0 Å². The normalized spacial score (nSPS) is 6.14. The number of carbonyl (C=O) groups excluding carboxylic acids is 1. The van der Waals surface area contributed by atoms with Gasteiger partial charge in [0, 0.05) is 6.61 Å². The number of carbonyl (C=O) groups is 1.